The predicted molar refractivity (Wildman–Crippen MR) is 105 cm³/mol. The molecule has 5 nitrogen and oxygen atoms in total. The number of para-hydroxylation sites is 1. The predicted octanol–water partition coefficient (Wildman–Crippen LogP) is 5.29. The molecule has 0 saturated heterocycles. The van der Waals surface area contributed by atoms with Crippen LogP contribution in [-0.4, -0.2) is 16.2 Å². The molecular formula is C23H15FN2O3. The Balaban J connectivity index is 1.44. The number of hydrogen-bond donors (Lipinski definition) is 0. The van der Waals surface area contributed by atoms with Crippen LogP contribution in [0.25, 0.3) is 11.3 Å². The van der Waals surface area contributed by atoms with Crippen molar-refractivity contribution in [3.05, 3.63) is 102 Å². The van der Waals surface area contributed by atoms with Crippen LogP contribution in [0.1, 0.15) is 10.4 Å². The molecule has 1 heterocycles. The number of esters is 1. The van der Waals surface area contributed by atoms with Gasteiger partial charge in [0.1, 0.15) is 17.3 Å². The second-order valence-corrected chi connectivity index (χ2v) is 6.07. The minimum atomic E-state index is -0.826. The summed E-state index contributed by atoms with van der Waals surface area (Å²) >= 11 is 0. The van der Waals surface area contributed by atoms with Crippen LogP contribution >= 0.6 is 0 Å². The molecule has 142 valence electrons. The van der Waals surface area contributed by atoms with E-state index < -0.39 is 11.8 Å². The Bertz CT molecular complexity index is 1110. The summed E-state index contributed by atoms with van der Waals surface area (Å²) < 4.78 is 24.5. The van der Waals surface area contributed by atoms with Gasteiger partial charge in [-0.15, -0.1) is 10.2 Å². The average molecular weight is 386 g/mol. The molecule has 3 aromatic carbocycles. The Morgan fingerprint density at radius 3 is 2.10 bits per heavy atom. The number of benzene rings is 3. The van der Waals surface area contributed by atoms with E-state index in [2.05, 4.69) is 10.2 Å². The van der Waals surface area contributed by atoms with Gasteiger partial charge < -0.3 is 9.47 Å². The van der Waals surface area contributed by atoms with Crippen LogP contribution in [0.2, 0.25) is 0 Å². The molecule has 4 rings (SSSR count). The van der Waals surface area contributed by atoms with Crippen LogP contribution in [0.5, 0.6) is 17.4 Å². The maximum absolute atomic E-state index is 13.7. The SMILES string of the molecule is O=C(Oc1ccc(-c2ccc(Oc3ccccc3)cc2)nn1)c1ccccc1F. The number of rotatable bonds is 5. The quantitative estimate of drug-likeness (QED) is 0.436. The van der Waals surface area contributed by atoms with Gasteiger partial charge in [0.15, 0.2) is 0 Å². The van der Waals surface area contributed by atoms with Crippen LogP contribution in [0.15, 0.2) is 91.0 Å². The summed E-state index contributed by atoms with van der Waals surface area (Å²) in [6, 6.07) is 25.6. The van der Waals surface area contributed by atoms with E-state index in [9.17, 15) is 9.18 Å². The Hall–Kier alpha value is -4.06. The lowest BCUT2D eigenvalue weighted by Gasteiger charge is -2.07. The van der Waals surface area contributed by atoms with E-state index >= 15 is 0 Å². The van der Waals surface area contributed by atoms with E-state index in [-0.39, 0.29) is 11.4 Å². The first-order chi connectivity index (χ1) is 14.2. The number of hydrogen-bond acceptors (Lipinski definition) is 5. The van der Waals surface area contributed by atoms with Gasteiger partial charge in [-0.2, -0.15) is 0 Å². The van der Waals surface area contributed by atoms with Crippen LogP contribution in [0.3, 0.4) is 0 Å². The van der Waals surface area contributed by atoms with Crippen molar-refractivity contribution in [2.24, 2.45) is 0 Å². The molecule has 29 heavy (non-hydrogen) atoms. The van der Waals surface area contributed by atoms with Gasteiger partial charge in [-0.25, -0.2) is 9.18 Å². The Kier molecular flexibility index (Phi) is 5.25. The molecule has 0 N–H and O–H groups in total. The van der Waals surface area contributed by atoms with Gasteiger partial charge in [0.25, 0.3) is 0 Å². The highest BCUT2D eigenvalue weighted by molar-refractivity contribution is 5.91. The molecular weight excluding hydrogens is 371 g/mol. The van der Waals surface area contributed by atoms with E-state index in [1.807, 2.05) is 54.6 Å². The molecule has 0 fully saturated rings. The summed E-state index contributed by atoms with van der Waals surface area (Å²) in [6.07, 6.45) is 0. The lowest BCUT2D eigenvalue weighted by Crippen LogP contribution is -2.11. The van der Waals surface area contributed by atoms with Crippen LogP contribution in [0, 0.1) is 5.82 Å². The Morgan fingerprint density at radius 2 is 1.41 bits per heavy atom. The molecule has 0 bridgehead atoms. The highest BCUT2D eigenvalue weighted by Crippen LogP contribution is 2.25. The van der Waals surface area contributed by atoms with Crippen molar-refractivity contribution in [2.45, 2.75) is 0 Å². The van der Waals surface area contributed by atoms with Crippen molar-refractivity contribution in [1.29, 1.82) is 0 Å². The third kappa shape index (κ3) is 4.44. The second kappa shape index (κ2) is 8.31. The maximum Gasteiger partial charge on any atom is 0.347 e. The molecule has 0 aliphatic heterocycles. The largest absolute Gasteiger partial charge is 0.457 e. The Labute approximate surface area is 166 Å². The van der Waals surface area contributed by atoms with Crippen molar-refractivity contribution in [1.82, 2.24) is 10.2 Å². The zero-order chi connectivity index (χ0) is 20.1. The molecule has 0 spiro atoms. The summed E-state index contributed by atoms with van der Waals surface area (Å²) in [4.78, 5) is 12.0. The average Bonchev–Trinajstić information content (AvgIpc) is 2.76. The molecule has 4 aromatic rings. The third-order valence-electron chi connectivity index (χ3n) is 4.06. The lowest BCUT2D eigenvalue weighted by atomic mass is 10.1. The van der Waals surface area contributed by atoms with E-state index in [1.165, 1.54) is 24.3 Å². The van der Waals surface area contributed by atoms with Gasteiger partial charge in [0.2, 0.25) is 5.88 Å². The fraction of sp³-hybridized carbons (Fsp3) is 0. The topological polar surface area (TPSA) is 61.3 Å². The van der Waals surface area contributed by atoms with Crippen molar-refractivity contribution < 1.29 is 18.7 Å². The molecule has 0 atom stereocenters. The van der Waals surface area contributed by atoms with E-state index in [4.69, 9.17) is 9.47 Å². The van der Waals surface area contributed by atoms with Crippen LogP contribution in [0.4, 0.5) is 4.39 Å². The van der Waals surface area contributed by atoms with Crippen molar-refractivity contribution in [3.8, 4) is 28.6 Å². The van der Waals surface area contributed by atoms with Gasteiger partial charge in [-0.05, 0) is 54.6 Å². The van der Waals surface area contributed by atoms with Gasteiger partial charge in [-0.3, -0.25) is 0 Å². The van der Waals surface area contributed by atoms with Crippen molar-refractivity contribution in [2.75, 3.05) is 0 Å². The molecule has 0 radical (unpaired) electrons. The molecule has 0 unspecified atom stereocenters. The smallest absolute Gasteiger partial charge is 0.347 e. The zero-order valence-corrected chi connectivity index (χ0v) is 15.2. The maximum atomic E-state index is 13.7. The normalized spacial score (nSPS) is 10.4. The number of carbonyl (C=O) groups is 1. The molecule has 0 amide bonds. The van der Waals surface area contributed by atoms with Crippen molar-refractivity contribution in [3.63, 3.8) is 0 Å². The number of halogens is 1. The first kappa shape index (κ1) is 18.3. The molecule has 1 aromatic heterocycles. The highest BCUT2D eigenvalue weighted by atomic mass is 19.1. The minimum absolute atomic E-state index is 0.00830. The summed E-state index contributed by atoms with van der Waals surface area (Å²) in [5.74, 6) is -0.0390. The standard InChI is InChI=1S/C23H15FN2O3/c24-20-9-5-4-8-19(20)23(27)29-22-15-14-21(25-26-22)16-10-12-18(13-11-16)28-17-6-2-1-3-7-17/h1-15H. The summed E-state index contributed by atoms with van der Waals surface area (Å²) in [6.45, 7) is 0. The van der Waals surface area contributed by atoms with Crippen LogP contribution in [-0.2, 0) is 0 Å². The molecule has 0 saturated carbocycles. The molecule has 0 aliphatic rings. The van der Waals surface area contributed by atoms with Gasteiger partial charge in [-0.1, -0.05) is 30.3 Å². The lowest BCUT2D eigenvalue weighted by molar-refractivity contribution is 0.0721. The molecule has 0 aliphatic carbocycles. The first-order valence-corrected chi connectivity index (χ1v) is 8.83. The van der Waals surface area contributed by atoms with Crippen molar-refractivity contribution >= 4 is 5.97 Å². The molecule has 6 heteroatoms. The van der Waals surface area contributed by atoms with Gasteiger partial charge >= 0.3 is 5.97 Å². The van der Waals surface area contributed by atoms with E-state index in [1.54, 1.807) is 12.1 Å². The van der Waals surface area contributed by atoms with Gasteiger partial charge in [0.05, 0.1) is 11.3 Å². The summed E-state index contributed by atoms with van der Waals surface area (Å²) in [5, 5.41) is 7.96. The van der Waals surface area contributed by atoms with E-state index in [0.717, 1.165) is 11.3 Å². The summed E-state index contributed by atoms with van der Waals surface area (Å²) in [7, 11) is 0. The second-order valence-electron chi connectivity index (χ2n) is 6.07. The third-order valence-corrected chi connectivity index (χ3v) is 4.06. The number of ether oxygens (including phenoxy) is 2. The fourth-order valence-electron chi connectivity index (χ4n) is 2.62. The number of aromatic nitrogens is 2. The zero-order valence-electron chi connectivity index (χ0n) is 15.2. The van der Waals surface area contributed by atoms with Crippen LogP contribution < -0.4 is 9.47 Å². The monoisotopic (exact) mass is 386 g/mol. The number of nitrogens with zero attached hydrogens (tertiary/aromatic N) is 2. The minimum Gasteiger partial charge on any atom is -0.457 e. The fourth-order valence-corrected chi connectivity index (χ4v) is 2.62. The Morgan fingerprint density at radius 1 is 0.724 bits per heavy atom. The first-order valence-electron chi connectivity index (χ1n) is 8.83. The van der Waals surface area contributed by atoms with Gasteiger partial charge in [0, 0.05) is 11.6 Å². The number of carbonyl (C=O) groups excluding carboxylic acids is 1. The summed E-state index contributed by atoms with van der Waals surface area (Å²) in [5.41, 5.74) is 1.26. The highest BCUT2D eigenvalue weighted by Gasteiger charge is 2.14. The van der Waals surface area contributed by atoms with E-state index in [0.29, 0.717) is 11.4 Å².